The van der Waals surface area contributed by atoms with Crippen molar-refractivity contribution in [2.75, 3.05) is 12.3 Å². The molecular formula is C24H23ClO2P2. The van der Waals surface area contributed by atoms with Gasteiger partial charge in [0.2, 0.25) is 0 Å². The molecular weight excluding hydrogens is 418 g/mol. The van der Waals surface area contributed by atoms with Crippen LogP contribution in [0.5, 0.6) is 0 Å². The van der Waals surface area contributed by atoms with Crippen LogP contribution >= 0.6 is 25.9 Å². The maximum atomic E-state index is 14.8. The van der Waals surface area contributed by atoms with Crippen LogP contribution in [0.4, 0.5) is 0 Å². The Labute approximate surface area is 177 Å². The molecule has 1 aliphatic rings. The summed E-state index contributed by atoms with van der Waals surface area (Å²) in [4.78, 5) is 0. The highest BCUT2D eigenvalue weighted by Gasteiger charge is 2.46. The van der Waals surface area contributed by atoms with E-state index >= 15 is 0 Å². The van der Waals surface area contributed by atoms with Crippen LogP contribution in [0.1, 0.15) is 6.92 Å². The minimum absolute atomic E-state index is 0.314. The van der Waals surface area contributed by atoms with Gasteiger partial charge in [0.25, 0.3) is 0 Å². The Bertz CT molecular complexity index is 1080. The predicted octanol–water partition coefficient (Wildman–Crippen LogP) is 5.58. The second-order valence-corrected chi connectivity index (χ2v) is 13.9. The van der Waals surface area contributed by atoms with Crippen molar-refractivity contribution in [3.05, 3.63) is 102 Å². The maximum Gasteiger partial charge on any atom is 0.151 e. The molecule has 5 heteroatoms. The molecule has 1 heterocycles. The van der Waals surface area contributed by atoms with Crippen molar-refractivity contribution in [2.45, 2.75) is 12.6 Å². The molecule has 0 amide bonds. The molecule has 0 saturated heterocycles. The van der Waals surface area contributed by atoms with Crippen LogP contribution in [0.3, 0.4) is 0 Å². The standard InChI is InChI=1S/C24H23ClO2P2/c1-19-17-28(26,20-11-5-2-6-12-20)18-23(24(19)25)29(27,21-13-7-3-8-14-21)22-15-9-4-10-16-22/h2-16,23H,17-18H2,1H3/t23-,28-/m0/s1. The first-order valence-electron chi connectivity index (χ1n) is 9.65. The van der Waals surface area contributed by atoms with E-state index in [1.807, 2.05) is 97.9 Å². The minimum Gasteiger partial charge on any atom is -0.318 e. The number of rotatable bonds is 4. The van der Waals surface area contributed by atoms with E-state index in [0.717, 1.165) is 21.5 Å². The van der Waals surface area contributed by atoms with Gasteiger partial charge in [0, 0.05) is 33.3 Å². The fraction of sp³-hybridized carbons (Fsp3) is 0.167. The molecule has 148 valence electrons. The van der Waals surface area contributed by atoms with Gasteiger partial charge in [0.15, 0.2) is 7.14 Å². The maximum absolute atomic E-state index is 14.8. The van der Waals surface area contributed by atoms with Gasteiger partial charge in [-0.05, 0) is 6.92 Å². The topological polar surface area (TPSA) is 34.1 Å². The Hall–Kier alpha value is -1.85. The summed E-state index contributed by atoms with van der Waals surface area (Å²) in [6, 6.07) is 28.6. The molecule has 0 bridgehead atoms. The van der Waals surface area contributed by atoms with Gasteiger partial charge in [-0.15, -0.1) is 0 Å². The quantitative estimate of drug-likeness (QED) is 0.496. The molecule has 2 nitrogen and oxygen atoms in total. The van der Waals surface area contributed by atoms with Crippen LogP contribution in [0.25, 0.3) is 0 Å². The van der Waals surface area contributed by atoms with Gasteiger partial charge >= 0.3 is 0 Å². The van der Waals surface area contributed by atoms with Crippen LogP contribution in [0, 0.1) is 0 Å². The highest BCUT2D eigenvalue weighted by Crippen LogP contribution is 2.62. The largest absolute Gasteiger partial charge is 0.318 e. The predicted molar refractivity (Wildman–Crippen MR) is 126 cm³/mol. The van der Waals surface area contributed by atoms with Crippen LogP contribution in [0.15, 0.2) is 102 Å². The summed E-state index contributed by atoms with van der Waals surface area (Å²) in [5.74, 6) is 0. The molecule has 0 unspecified atom stereocenters. The van der Waals surface area contributed by atoms with Crippen molar-refractivity contribution in [1.82, 2.24) is 0 Å². The Morgan fingerprint density at radius 1 is 0.828 bits per heavy atom. The molecule has 3 aromatic rings. The number of benzene rings is 3. The summed E-state index contributed by atoms with van der Waals surface area (Å²) in [7, 11) is -5.92. The third-order valence-electron chi connectivity index (χ3n) is 5.61. The van der Waals surface area contributed by atoms with E-state index in [1.54, 1.807) is 0 Å². The van der Waals surface area contributed by atoms with Gasteiger partial charge in [-0.1, -0.05) is 108 Å². The first-order chi connectivity index (χ1) is 13.9. The molecule has 0 aromatic heterocycles. The lowest BCUT2D eigenvalue weighted by molar-refractivity contribution is 0.573. The molecule has 4 rings (SSSR count). The van der Waals surface area contributed by atoms with Crippen molar-refractivity contribution in [1.29, 1.82) is 0 Å². The van der Waals surface area contributed by atoms with E-state index in [2.05, 4.69) is 0 Å². The third-order valence-corrected chi connectivity index (χ3v) is 13.3. The third kappa shape index (κ3) is 3.71. The van der Waals surface area contributed by atoms with Crippen LogP contribution in [0.2, 0.25) is 0 Å². The molecule has 0 spiro atoms. The van der Waals surface area contributed by atoms with E-state index in [1.165, 1.54) is 0 Å². The first kappa shape index (κ1) is 20.4. The summed E-state index contributed by atoms with van der Waals surface area (Å²) in [5, 5.41) is 2.94. The van der Waals surface area contributed by atoms with E-state index in [-0.39, 0.29) is 0 Å². The Kier molecular flexibility index (Phi) is 5.71. The molecule has 1 aliphatic heterocycles. The normalized spacial score (nSPS) is 22.5. The van der Waals surface area contributed by atoms with Crippen molar-refractivity contribution >= 4 is 41.8 Å². The molecule has 29 heavy (non-hydrogen) atoms. The summed E-state index contributed by atoms with van der Waals surface area (Å²) in [6.45, 7) is 1.92. The molecule has 0 radical (unpaired) electrons. The van der Waals surface area contributed by atoms with Crippen LogP contribution in [-0.2, 0) is 9.13 Å². The molecule has 0 saturated carbocycles. The summed E-state index contributed by atoms with van der Waals surface area (Å²) < 4.78 is 28.9. The lowest BCUT2D eigenvalue weighted by Crippen LogP contribution is -2.33. The molecule has 0 N–H and O–H groups in total. The minimum atomic E-state index is -3.16. The fourth-order valence-corrected chi connectivity index (χ4v) is 12.3. The highest BCUT2D eigenvalue weighted by atomic mass is 35.5. The van der Waals surface area contributed by atoms with Crippen molar-refractivity contribution < 1.29 is 9.13 Å². The smallest absolute Gasteiger partial charge is 0.151 e. The van der Waals surface area contributed by atoms with Crippen molar-refractivity contribution in [3.8, 4) is 0 Å². The number of hydrogen-bond donors (Lipinski definition) is 0. The Morgan fingerprint density at radius 2 is 1.28 bits per heavy atom. The second kappa shape index (κ2) is 8.11. The highest BCUT2D eigenvalue weighted by molar-refractivity contribution is 7.81. The summed E-state index contributed by atoms with van der Waals surface area (Å²) in [5.41, 5.74) is 0.385. The number of halogens is 1. The SMILES string of the molecule is CC1=C(Cl)[C@@H](P(=O)(c2ccccc2)c2ccccc2)C[P@](=O)(c2ccccc2)C1. The lowest BCUT2D eigenvalue weighted by Gasteiger charge is -2.36. The van der Waals surface area contributed by atoms with Gasteiger partial charge in [-0.25, -0.2) is 0 Å². The van der Waals surface area contributed by atoms with E-state index in [9.17, 15) is 9.13 Å². The average Bonchev–Trinajstić information content (AvgIpc) is 2.77. The van der Waals surface area contributed by atoms with E-state index in [4.69, 9.17) is 11.6 Å². The average molecular weight is 441 g/mol. The Morgan fingerprint density at radius 3 is 1.76 bits per heavy atom. The Balaban J connectivity index is 1.92. The monoisotopic (exact) mass is 440 g/mol. The van der Waals surface area contributed by atoms with Crippen LogP contribution in [-0.4, -0.2) is 18.0 Å². The summed E-state index contributed by atoms with van der Waals surface area (Å²) in [6.07, 6.45) is 0.754. The molecule has 0 fully saturated rings. The number of allylic oxidation sites excluding steroid dienone is 2. The van der Waals surface area contributed by atoms with Crippen LogP contribution < -0.4 is 15.9 Å². The zero-order valence-corrected chi connectivity index (χ0v) is 18.8. The van der Waals surface area contributed by atoms with Gasteiger partial charge in [-0.2, -0.15) is 0 Å². The van der Waals surface area contributed by atoms with Crippen molar-refractivity contribution in [2.24, 2.45) is 0 Å². The number of hydrogen-bond acceptors (Lipinski definition) is 2. The zero-order chi connectivity index (χ0) is 20.5. The van der Waals surface area contributed by atoms with Gasteiger partial charge in [0.05, 0.1) is 5.66 Å². The first-order valence-corrected chi connectivity index (χ1v) is 13.9. The zero-order valence-electron chi connectivity index (χ0n) is 16.2. The second-order valence-electron chi connectivity index (χ2n) is 7.54. The van der Waals surface area contributed by atoms with Gasteiger partial charge in [0.1, 0.15) is 7.14 Å². The van der Waals surface area contributed by atoms with E-state index in [0.29, 0.717) is 17.4 Å². The van der Waals surface area contributed by atoms with Gasteiger partial charge < -0.3 is 9.13 Å². The fourth-order valence-electron chi connectivity index (χ4n) is 4.15. The molecule has 2 atom stereocenters. The van der Waals surface area contributed by atoms with Gasteiger partial charge in [-0.3, -0.25) is 0 Å². The van der Waals surface area contributed by atoms with E-state index < -0.39 is 19.9 Å². The molecule has 3 aromatic carbocycles. The lowest BCUT2D eigenvalue weighted by atomic mass is 10.2. The van der Waals surface area contributed by atoms with Crippen molar-refractivity contribution in [3.63, 3.8) is 0 Å². The molecule has 0 aliphatic carbocycles. The summed E-state index contributed by atoms with van der Waals surface area (Å²) >= 11 is 6.82.